The van der Waals surface area contributed by atoms with E-state index in [4.69, 9.17) is 4.98 Å². The van der Waals surface area contributed by atoms with Crippen LogP contribution < -0.4 is 4.90 Å². The summed E-state index contributed by atoms with van der Waals surface area (Å²) in [7, 11) is 0. The Morgan fingerprint density at radius 1 is 0.958 bits per heavy atom. The molecule has 1 saturated heterocycles. The van der Waals surface area contributed by atoms with E-state index < -0.39 is 12.2 Å². The Bertz CT molecular complexity index is 704. The fourth-order valence-corrected chi connectivity index (χ4v) is 4.02. The first-order chi connectivity index (χ1) is 11.6. The summed E-state index contributed by atoms with van der Waals surface area (Å²) in [6.07, 6.45) is 0.187. The molecule has 2 N–H and O–H groups in total. The van der Waals surface area contributed by atoms with Gasteiger partial charge in [-0.25, -0.2) is 9.97 Å². The number of aryl methyl sites for hydroxylation is 1. The molecule has 0 amide bonds. The number of hydrogen-bond acceptors (Lipinski definition) is 5. The topological polar surface area (TPSA) is 69.5 Å². The molecule has 126 valence electrons. The Labute approximate surface area is 142 Å². The lowest BCUT2D eigenvalue weighted by atomic mass is 9.79. The molecule has 2 fully saturated rings. The Hall–Kier alpha value is -1.98. The van der Waals surface area contributed by atoms with Crippen LogP contribution in [0.5, 0.6) is 0 Å². The number of aliphatic hydroxyl groups is 2. The van der Waals surface area contributed by atoms with Gasteiger partial charge in [-0.2, -0.15) is 0 Å². The van der Waals surface area contributed by atoms with Gasteiger partial charge in [-0.15, -0.1) is 0 Å². The van der Waals surface area contributed by atoms with Crippen molar-refractivity contribution >= 4 is 5.82 Å². The number of aromatic nitrogens is 2. The average molecular weight is 325 g/mol. The zero-order valence-electron chi connectivity index (χ0n) is 13.8. The lowest BCUT2D eigenvalue weighted by Crippen LogP contribution is -2.38. The molecule has 2 aromatic rings. The van der Waals surface area contributed by atoms with Gasteiger partial charge in [-0.05, 0) is 31.6 Å². The third-order valence-corrected chi connectivity index (χ3v) is 5.31. The van der Waals surface area contributed by atoms with E-state index in [0.29, 0.717) is 24.7 Å². The van der Waals surface area contributed by atoms with E-state index in [1.165, 1.54) is 0 Å². The number of benzene rings is 1. The summed E-state index contributed by atoms with van der Waals surface area (Å²) in [6, 6.07) is 12.0. The van der Waals surface area contributed by atoms with Crippen molar-refractivity contribution in [1.82, 2.24) is 9.97 Å². The second-order valence-electron chi connectivity index (χ2n) is 7.09. The van der Waals surface area contributed by atoms with E-state index in [1.807, 2.05) is 43.3 Å². The van der Waals surface area contributed by atoms with Crippen molar-refractivity contribution in [1.29, 1.82) is 0 Å². The molecular formula is C19H23N3O2. The van der Waals surface area contributed by atoms with Gasteiger partial charge in [0.1, 0.15) is 5.82 Å². The second-order valence-corrected chi connectivity index (χ2v) is 7.09. The lowest BCUT2D eigenvalue weighted by molar-refractivity contribution is -0.0372. The molecule has 1 aliphatic heterocycles. The maximum Gasteiger partial charge on any atom is 0.161 e. The molecule has 2 aliphatic rings. The normalized spacial score (nSPS) is 29.5. The highest BCUT2D eigenvalue weighted by Gasteiger charge is 2.41. The first-order valence-corrected chi connectivity index (χ1v) is 8.62. The van der Waals surface area contributed by atoms with E-state index in [1.54, 1.807) is 0 Å². The summed E-state index contributed by atoms with van der Waals surface area (Å²) in [4.78, 5) is 11.6. The molecule has 0 bridgehead atoms. The van der Waals surface area contributed by atoms with Crippen LogP contribution in [0.1, 0.15) is 18.5 Å². The summed E-state index contributed by atoms with van der Waals surface area (Å²) >= 11 is 0. The van der Waals surface area contributed by atoms with Gasteiger partial charge < -0.3 is 15.1 Å². The van der Waals surface area contributed by atoms with E-state index in [9.17, 15) is 10.2 Å². The van der Waals surface area contributed by atoms with Crippen molar-refractivity contribution in [2.75, 3.05) is 18.0 Å². The Kier molecular flexibility index (Phi) is 3.98. The molecule has 4 atom stereocenters. The zero-order chi connectivity index (χ0) is 16.7. The molecule has 0 radical (unpaired) electrons. The van der Waals surface area contributed by atoms with E-state index in [0.717, 1.165) is 36.0 Å². The summed E-state index contributed by atoms with van der Waals surface area (Å²) in [5.74, 6) is 2.55. The van der Waals surface area contributed by atoms with Crippen LogP contribution in [-0.4, -0.2) is 45.5 Å². The van der Waals surface area contributed by atoms with Crippen LogP contribution in [0.4, 0.5) is 5.82 Å². The average Bonchev–Trinajstić information content (AvgIpc) is 2.98. The summed E-state index contributed by atoms with van der Waals surface area (Å²) in [5.41, 5.74) is 1.97. The molecule has 5 nitrogen and oxygen atoms in total. The smallest absolute Gasteiger partial charge is 0.161 e. The van der Waals surface area contributed by atoms with Crippen LogP contribution >= 0.6 is 0 Å². The van der Waals surface area contributed by atoms with Crippen LogP contribution in [0.3, 0.4) is 0 Å². The highest BCUT2D eigenvalue weighted by atomic mass is 16.3. The van der Waals surface area contributed by atoms with Crippen LogP contribution in [0.25, 0.3) is 11.4 Å². The molecule has 1 aromatic carbocycles. The quantitative estimate of drug-likeness (QED) is 0.884. The predicted octanol–water partition coefficient (Wildman–Crippen LogP) is 2.02. The molecule has 1 aliphatic carbocycles. The van der Waals surface area contributed by atoms with Crippen LogP contribution in [0.15, 0.2) is 36.4 Å². The van der Waals surface area contributed by atoms with Gasteiger partial charge in [0, 0.05) is 30.4 Å². The van der Waals surface area contributed by atoms with Crippen molar-refractivity contribution in [3.63, 3.8) is 0 Å². The SMILES string of the molecule is Cc1cc(N2C[C@H]3C[C@H](O)[C@H](O)C[C@H]3C2)nc(-c2ccccc2)n1. The second kappa shape index (κ2) is 6.15. The first-order valence-electron chi connectivity index (χ1n) is 8.62. The zero-order valence-corrected chi connectivity index (χ0v) is 13.8. The number of rotatable bonds is 2. The fourth-order valence-electron chi connectivity index (χ4n) is 4.02. The van der Waals surface area contributed by atoms with Gasteiger partial charge in [-0.3, -0.25) is 0 Å². The Balaban J connectivity index is 1.60. The molecule has 1 aromatic heterocycles. The summed E-state index contributed by atoms with van der Waals surface area (Å²) in [6.45, 7) is 3.77. The monoisotopic (exact) mass is 325 g/mol. The van der Waals surface area contributed by atoms with Crippen molar-refractivity contribution in [2.45, 2.75) is 32.0 Å². The Morgan fingerprint density at radius 3 is 2.21 bits per heavy atom. The molecule has 2 heterocycles. The standard InChI is InChI=1S/C19H23N3O2/c1-12-7-18(21-19(20-12)13-5-3-2-4-6-13)22-10-14-8-16(23)17(24)9-15(14)11-22/h2-7,14-17,23-24H,8-11H2,1H3/t14-,15+,16+,17-. The fraction of sp³-hybridized carbons (Fsp3) is 0.474. The van der Waals surface area contributed by atoms with Crippen LogP contribution in [0, 0.1) is 18.8 Å². The van der Waals surface area contributed by atoms with Gasteiger partial charge in [0.05, 0.1) is 12.2 Å². The Morgan fingerprint density at radius 2 is 1.58 bits per heavy atom. The third kappa shape index (κ3) is 2.89. The number of hydrogen-bond donors (Lipinski definition) is 2. The summed E-state index contributed by atoms with van der Waals surface area (Å²) < 4.78 is 0. The van der Waals surface area contributed by atoms with Crippen LogP contribution in [-0.2, 0) is 0 Å². The number of anilines is 1. The van der Waals surface area contributed by atoms with Gasteiger partial charge in [0.25, 0.3) is 0 Å². The van der Waals surface area contributed by atoms with E-state index in [2.05, 4.69) is 9.88 Å². The van der Waals surface area contributed by atoms with Gasteiger partial charge in [-0.1, -0.05) is 30.3 Å². The molecule has 4 rings (SSSR count). The first kappa shape index (κ1) is 15.5. The summed E-state index contributed by atoms with van der Waals surface area (Å²) in [5, 5.41) is 19.8. The molecule has 5 heteroatoms. The molecule has 24 heavy (non-hydrogen) atoms. The molecule has 0 spiro atoms. The van der Waals surface area contributed by atoms with Gasteiger partial charge in [0.15, 0.2) is 5.82 Å². The molecule has 0 unspecified atom stereocenters. The highest BCUT2D eigenvalue weighted by molar-refractivity contribution is 5.58. The van der Waals surface area contributed by atoms with Crippen molar-refractivity contribution < 1.29 is 10.2 Å². The van der Waals surface area contributed by atoms with E-state index >= 15 is 0 Å². The van der Waals surface area contributed by atoms with Crippen LogP contribution in [0.2, 0.25) is 0 Å². The molecular weight excluding hydrogens is 302 g/mol. The number of nitrogens with zero attached hydrogens (tertiary/aromatic N) is 3. The van der Waals surface area contributed by atoms with Crippen molar-refractivity contribution in [3.8, 4) is 11.4 Å². The number of fused-ring (bicyclic) bond motifs is 1. The highest BCUT2D eigenvalue weighted by Crippen LogP contribution is 2.38. The van der Waals surface area contributed by atoms with Gasteiger partial charge in [0.2, 0.25) is 0 Å². The number of aliphatic hydroxyl groups excluding tert-OH is 2. The molecule has 1 saturated carbocycles. The maximum atomic E-state index is 9.92. The van der Waals surface area contributed by atoms with Gasteiger partial charge >= 0.3 is 0 Å². The minimum atomic E-state index is -0.585. The maximum absolute atomic E-state index is 9.92. The minimum absolute atomic E-state index is 0.429. The van der Waals surface area contributed by atoms with Crippen molar-refractivity contribution in [3.05, 3.63) is 42.1 Å². The van der Waals surface area contributed by atoms with Crippen molar-refractivity contribution in [2.24, 2.45) is 11.8 Å². The lowest BCUT2D eigenvalue weighted by Gasteiger charge is -2.31. The predicted molar refractivity (Wildman–Crippen MR) is 92.6 cm³/mol. The third-order valence-electron chi connectivity index (χ3n) is 5.31. The largest absolute Gasteiger partial charge is 0.390 e. The minimum Gasteiger partial charge on any atom is -0.390 e. The van der Waals surface area contributed by atoms with E-state index in [-0.39, 0.29) is 0 Å².